The molecule has 1 aliphatic heterocycles. The average Bonchev–Trinajstić information content (AvgIpc) is 2.79. The van der Waals surface area contributed by atoms with Crippen LogP contribution >= 0.6 is 0 Å². The lowest BCUT2D eigenvalue weighted by Gasteiger charge is -2.45. The van der Waals surface area contributed by atoms with Crippen LogP contribution in [-0.4, -0.2) is 53.0 Å². The van der Waals surface area contributed by atoms with Crippen molar-refractivity contribution in [1.29, 1.82) is 0 Å². The van der Waals surface area contributed by atoms with Gasteiger partial charge in [-0.05, 0) is 75.9 Å². The number of fused-ring (bicyclic) bond motifs is 1. The van der Waals surface area contributed by atoms with E-state index in [1.54, 1.807) is 0 Å². The number of carbonyl (C=O) groups excluding carboxylic acids is 1. The zero-order valence-electron chi connectivity index (χ0n) is 20.5. The molecule has 5 nitrogen and oxygen atoms in total. The fraction of sp³-hybridized carbons (Fsp3) is 0.607. The third kappa shape index (κ3) is 5.70. The summed E-state index contributed by atoms with van der Waals surface area (Å²) < 4.78 is 5.97. The Balaban J connectivity index is 1.66. The molecule has 1 amide bonds. The molecular formula is C28H40N2O3. The van der Waals surface area contributed by atoms with Gasteiger partial charge < -0.3 is 20.1 Å². The molecule has 1 saturated heterocycles. The number of piperidine rings is 1. The molecule has 4 rings (SSSR count). The first-order valence-electron chi connectivity index (χ1n) is 12.7. The molecule has 0 spiro atoms. The molecule has 1 unspecified atom stereocenters. The predicted octanol–water partition coefficient (Wildman–Crippen LogP) is 5.61. The number of nitrogens with one attached hydrogen (secondary N) is 1. The summed E-state index contributed by atoms with van der Waals surface area (Å²) in [6.07, 6.45) is 6.14. The second-order valence-corrected chi connectivity index (χ2v) is 10.9. The lowest BCUT2D eigenvalue weighted by atomic mass is 9.72. The maximum absolute atomic E-state index is 13.4. The van der Waals surface area contributed by atoms with Crippen molar-refractivity contribution in [2.24, 2.45) is 0 Å². The van der Waals surface area contributed by atoms with Gasteiger partial charge >= 0.3 is 6.09 Å². The molecule has 0 radical (unpaired) electrons. The van der Waals surface area contributed by atoms with Gasteiger partial charge in [-0.15, -0.1) is 0 Å². The summed E-state index contributed by atoms with van der Waals surface area (Å²) >= 11 is 0. The summed E-state index contributed by atoms with van der Waals surface area (Å²) in [6, 6.07) is 14.8. The van der Waals surface area contributed by atoms with Gasteiger partial charge in [0.2, 0.25) is 0 Å². The summed E-state index contributed by atoms with van der Waals surface area (Å²) in [4.78, 5) is 15.3. The van der Waals surface area contributed by atoms with E-state index in [9.17, 15) is 9.90 Å². The second kappa shape index (κ2) is 10.0. The van der Waals surface area contributed by atoms with Gasteiger partial charge in [-0.3, -0.25) is 0 Å². The van der Waals surface area contributed by atoms with E-state index < -0.39 is 11.1 Å². The highest BCUT2D eigenvalue weighted by molar-refractivity contribution is 5.83. The summed E-state index contributed by atoms with van der Waals surface area (Å²) in [5.74, 6) is -0.165. The Morgan fingerprint density at radius 1 is 1.09 bits per heavy atom. The smallest absolute Gasteiger partial charge is 0.410 e. The zero-order valence-corrected chi connectivity index (χ0v) is 20.5. The van der Waals surface area contributed by atoms with Gasteiger partial charge in [-0.1, -0.05) is 61.7 Å². The Kier molecular flexibility index (Phi) is 7.30. The van der Waals surface area contributed by atoms with Crippen LogP contribution in [0.25, 0.3) is 10.8 Å². The van der Waals surface area contributed by atoms with Crippen molar-refractivity contribution in [2.75, 3.05) is 19.6 Å². The normalized spacial score (nSPS) is 20.4. The number of rotatable bonds is 5. The first-order chi connectivity index (χ1) is 15.8. The van der Waals surface area contributed by atoms with Crippen LogP contribution in [0.2, 0.25) is 0 Å². The van der Waals surface area contributed by atoms with E-state index in [0.29, 0.717) is 6.54 Å². The molecule has 180 valence electrons. The minimum atomic E-state index is -0.820. The molecule has 1 heterocycles. The first kappa shape index (κ1) is 24.0. The number of hydrogen-bond acceptors (Lipinski definition) is 4. The van der Waals surface area contributed by atoms with Crippen LogP contribution in [0.15, 0.2) is 42.5 Å². The third-order valence-electron chi connectivity index (χ3n) is 7.49. The molecular weight excluding hydrogens is 412 g/mol. The Morgan fingerprint density at radius 2 is 1.76 bits per heavy atom. The van der Waals surface area contributed by atoms with Gasteiger partial charge in [0.15, 0.2) is 0 Å². The highest BCUT2D eigenvalue weighted by atomic mass is 16.6. The molecule has 2 fully saturated rings. The number of carbonyl (C=O) groups is 1. The fourth-order valence-corrected chi connectivity index (χ4v) is 5.45. The van der Waals surface area contributed by atoms with Crippen LogP contribution in [0.1, 0.15) is 77.2 Å². The van der Waals surface area contributed by atoms with Crippen LogP contribution < -0.4 is 5.32 Å². The highest BCUT2D eigenvalue weighted by Crippen LogP contribution is 2.42. The van der Waals surface area contributed by atoms with E-state index in [0.717, 1.165) is 63.6 Å². The standard InChI is InChI=1S/C28H40N2O3/c1-27(2,3)30(26(31)33-24-13-17-29-18-14-24)20-25(28(32)15-7-4-8-16-28)23-12-11-21-9-5-6-10-22(21)19-23/h5-6,9-12,19,24-25,29,32H,4,7-8,13-18,20H2,1-3H3. The van der Waals surface area contributed by atoms with E-state index in [1.807, 2.05) is 17.0 Å². The lowest BCUT2D eigenvalue weighted by Crippen LogP contribution is -2.53. The minimum absolute atomic E-state index is 0.0412. The molecule has 1 aliphatic carbocycles. The third-order valence-corrected chi connectivity index (χ3v) is 7.49. The number of amides is 1. The molecule has 1 saturated carbocycles. The maximum Gasteiger partial charge on any atom is 0.410 e. The van der Waals surface area contributed by atoms with Crippen molar-refractivity contribution in [3.8, 4) is 0 Å². The summed E-state index contributed by atoms with van der Waals surface area (Å²) in [7, 11) is 0. The Labute approximate surface area is 198 Å². The van der Waals surface area contributed by atoms with E-state index in [-0.39, 0.29) is 18.1 Å². The van der Waals surface area contributed by atoms with Crippen LogP contribution in [0.4, 0.5) is 4.79 Å². The van der Waals surface area contributed by atoms with Crippen LogP contribution in [0.3, 0.4) is 0 Å². The number of aliphatic hydroxyl groups is 1. The predicted molar refractivity (Wildman–Crippen MR) is 134 cm³/mol. The molecule has 0 bridgehead atoms. The first-order valence-corrected chi connectivity index (χ1v) is 12.7. The quantitative estimate of drug-likeness (QED) is 0.619. The van der Waals surface area contributed by atoms with Crippen molar-refractivity contribution >= 4 is 16.9 Å². The van der Waals surface area contributed by atoms with Crippen molar-refractivity contribution in [3.05, 3.63) is 48.0 Å². The SMILES string of the molecule is CC(C)(C)N(CC(c1ccc2ccccc2c1)C1(O)CCCCC1)C(=O)OC1CCNCC1. The zero-order chi connectivity index (χ0) is 23.5. The van der Waals surface area contributed by atoms with Crippen molar-refractivity contribution < 1.29 is 14.6 Å². The van der Waals surface area contributed by atoms with Gasteiger partial charge in [0, 0.05) is 18.0 Å². The van der Waals surface area contributed by atoms with Gasteiger partial charge in [0.1, 0.15) is 6.10 Å². The van der Waals surface area contributed by atoms with E-state index in [2.05, 4.69) is 56.4 Å². The summed E-state index contributed by atoms with van der Waals surface area (Å²) in [5.41, 5.74) is -0.134. The Hall–Kier alpha value is -2.11. The van der Waals surface area contributed by atoms with Crippen LogP contribution in [0.5, 0.6) is 0 Å². The minimum Gasteiger partial charge on any atom is -0.446 e. The lowest BCUT2D eigenvalue weighted by molar-refractivity contribution is -0.0405. The monoisotopic (exact) mass is 452 g/mol. The van der Waals surface area contributed by atoms with Crippen molar-refractivity contribution in [3.63, 3.8) is 0 Å². The molecule has 33 heavy (non-hydrogen) atoms. The molecule has 2 N–H and O–H groups in total. The average molecular weight is 453 g/mol. The molecule has 1 atom stereocenters. The maximum atomic E-state index is 13.4. The van der Waals surface area contributed by atoms with Gasteiger partial charge in [0.05, 0.1) is 5.60 Å². The van der Waals surface area contributed by atoms with Gasteiger partial charge in [0.25, 0.3) is 0 Å². The molecule has 2 aliphatic rings. The van der Waals surface area contributed by atoms with E-state index in [1.165, 1.54) is 10.8 Å². The largest absolute Gasteiger partial charge is 0.446 e. The van der Waals surface area contributed by atoms with E-state index in [4.69, 9.17) is 4.74 Å². The van der Waals surface area contributed by atoms with Crippen LogP contribution in [-0.2, 0) is 4.74 Å². The molecule has 2 aromatic rings. The molecule has 2 aromatic carbocycles. The van der Waals surface area contributed by atoms with Crippen molar-refractivity contribution in [2.45, 2.75) is 88.9 Å². The number of ether oxygens (including phenoxy) is 1. The Bertz CT molecular complexity index is 940. The van der Waals surface area contributed by atoms with Crippen LogP contribution in [0, 0.1) is 0 Å². The second-order valence-electron chi connectivity index (χ2n) is 10.9. The van der Waals surface area contributed by atoms with Gasteiger partial charge in [-0.2, -0.15) is 0 Å². The number of nitrogens with zero attached hydrogens (tertiary/aromatic N) is 1. The van der Waals surface area contributed by atoms with Gasteiger partial charge in [-0.25, -0.2) is 4.79 Å². The molecule has 5 heteroatoms. The summed E-state index contributed by atoms with van der Waals surface area (Å²) in [5, 5.41) is 17.6. The fourth-order valence-electron chi connectivity index (χ4n) is 5.45. The summed E-state index contributed by atoms with van der Waals surface area (Å²) in [6.45, 7) is 8.37. The molecule has 0 aromatic heterocycles. The topological polar surface area (TPSA) is 61.8 Å². The van der Waals surface area contributed by atoms with E-state index >= 15 is 0 Å². The van der Waals surface area contributed by atoms with Crippen molar-refractivity contribution in [1.82, 2.24) is 10.2 Å². The Morgan fingerprint density at radius 3 is 2.42 bits per heavy atom. The number of benzene rings is 2. The highest BCUT2D eigenvalue weighted by Gasteiger charge is 2.42. The number of hydrogen-bond donors (Lipinski definition) is 2.